The van der Waals surface area contributed by atoms with Gasteiger partial charge in [-0.3, -0.25) is 14.6 Å². The minimum atomic E-state index is -0.661. The Morgan fingerprint density at radius 1 is 1.02 bits per heavy atom. The van der Waals surface area contributed by atoms with E-state index in [1.165, 1.54) is 0 Å². The fourth-order valence-electron chi connectivity index (χ4n) is 6.08. The second-order valence-electron chi connectivity index (χ2n) is 13.8. The molecule has 1 atom stereocenters. The first-order chi connectivity index (χ1) is 20.3. The molecule has 228 valence electrons. The smallest absolute Gasteiger partial charge is 0.275 e. The molecule has 1 spiro atoms. The third-order valence-corrected chi connectivity index (χ3v) is 9.11. The molecule has 1 N–H and O–H groups in total. The normalized spacial score (nSPS) is 19.9. The summed E-state index contributed by atoms with van der Waals surface area (Å²) in [6.07, 6.45) is 5.13. The van der Waals surface area contributed by atoms with Gasteiger partial charge in [-0.25, -0.2) is 4.99 Å². The Bertz CT molecular complexity index is 1460. The molecule has 5 rings (SSSR count). The van der Waals surface area contributed by atoms with E-state index in [0.717, 1.165) is 44.1 Å². The Hall–Kier alpha value is -3.10. The Morgan fingerprint density at radius 3 is 2.26 bits per heavy atom. The number of amides is 2. The highest BCUT2D eigenvalue weighted by Crippen LogP contribution is 2.50. The Morgan fingerprint density at radius 2 is 1.67 bits per heavy atom. The van der Waals surface area contributed by atoms with Gasteiger partial charge in [0.15, 0.2) is 12.5 Å². The van der Waals surface area contributed by atoms with Crippen LogP contribution in [-0.4, -0.2) is 47.1 Å². The predicted octanol–water partition coefficient (Wildman–Crippen LogP) is 8.04. The van der Waals surface area contributed by atoms with E-state index < -0.39 is 5.66 Å². The van der Waals surface area contributed by atoms with Crippen LogP contribution in [0.5, 0.6) is 0 Å². The highest BCUT2D eigenvalue weighted by molar-refractivity contribution is 6.47. The van der Waals surface area contributed by atoms with Crippen LogP contribution in [0.1, 0.15) is 101 Å². The molecule has 0 saturated heterocycles. The first-order valence-electron chi connectivity index (χ1n) is 14.9. The maximum atomic E-state index is 14.5. The number of rotatable bonds is 8. The first-order valence-corrected chi connectivity index (χ1v) is 15.7. The second-order valence-corrected chi connectivity index (χ2v) is 14.7. The number of hydrogen-bond acceptors (Lipinski definition) is 6. The average molecular weight is 624 g/mol. The Labute approximate surface area is 264 Å². The summed E-state index contributed by atoms with van der Waals surface area (Å²) in [5.74, 6) is 0.192. The molecule has 0 unspecified atom stereocenters. The largest absolute Gasteiger partial charge is 0.345 e. The molecule has 43 heavy (non-hydrogen) atoms. The van der Waals surface area contributed by atoms with Crippen LogP contribution >= 0.6 is 23.2 Å². The molecular weight excluding hydrogens is 583 g/mol. The number of hydrogen-bond donors (Lipinski definition) is 1. The molecule has 2 aromatic carbocycles. The van der Waals surface area contributed by atoms with Crippen molar-refractivity contribution in [2.24, 2.45) is 31.0 Å². The van der Waals surface area contributed by atoms with Gasteiger partial charge in [-0.1, -0.05) is 70.0 Å². The van der Waals surface area contributed by atoms with Crippen LogP contribution < -0.4 is 5.32 Å². The number of nitrogens with one attached hydrogen (secondary N) is 1. The second kappa shape index (κ2) is 12.1. The summed E-state index contributed by atoms with van der Waals surface area (Å²) in [7, 11) is 0. The van der Waals surface area contributed by atoms with E-state index in [1.54, 1.807) is 18.2 Å². The molecule has 2 aromatic rings. The van der Waals surface area contributed by atoms with Gasteiger partial charge in [-0.2, -0.15) is 5.11 Å². The standard InChI is InChI=1S/C33H40Cl2N6O2/c1-31(2,3)11-10-26(21-6-8-22(9-7-21)29(42)36-19-27-37-20-38-40-27)41-30(43)28(23-16-24(34)18-25(35)17-23)39-33(41)14-12-32(4,5)13-15-33/h6-9,16-18,26H,10-15,19-20H2,1-5H3,(H,36,42)/t26-/m1/s1. The number of azo groups is 1. The summed E-state index contributed by atoms with van der Waals surface area (Å²) in [6, 6.07) is 12.6. The summed E-state index contributed by atoms with van der Waals surface area (Å²) < 4.78 is 0. The van der Waals surface area contributed by atoms with E-state index in [0.29, 0.717) is 39.4 Å². The van der Waals surface area contributed by atoms with Gasteiger partial charge >= 0.3 is 0 Å². The highest BCUT2D eigenvalue weighted by atomic mass is 35.5. The number of carbonyl (C=O) groups is 2. The van der Waals surface area contributed by atoms with Crippen molar-refractivity contribution < 1.29 is 9.59 Å². The van der Waals surface area contributed by atoms with Crippen LogP contribution in [0.15, 0.2) is 62.7 Å². The van der Waals surface area contributed by atoms with Crippen molar-refractivity contribution in [1.29, 1.82) is 0 Å². The van der Waals surface area contributed by atoms with Gasteiger partial charge < -0.3 is 10.2 Å². The maximum absolute atomic E-state index is 14.5. The quantitative estimate of drug-likeness (QED) is 0.322. The van der Waals surface area contributed by atoms with Gasteiger partial charge in [0.1, 0.15) is 11.4 Å². The van der Waals surface area contributed by atoms with Crippen molar-refractivity contribution in [3.63, 3.8) is 0 Å². The molecule has 1 fully saturated rings. The van der Waals surface area contributed by atoms with Gasteiger partial charge in [0.2, 0.25) is 0 Å². The van der Waals surface area contributed by atoms with Crippen molar-refractivity contribution in [2.45, 2.75) is 84.8 Å². The van der Waals surface area contributed by atoms with E-state index in [-0.39, 0.29) is 35.2 Å². The van der Waals surface area contributed by atoms with Gasteiger partial charge in [0.25, 0.3) is 11.8 Å². The summed E-state index contributed by atoms with van der Waals surface area (Å²) >= 11 is 12.7. The van der Waals surface area contributed by atoms with Crippen LogP contribution in [-0.2, 0) is 4.79 Å². The summed E-state index contributed by atoms with van der Waals surface area (Å²) in [5, 5.41) is 11.5. The van der Waals surface area contributed by atoms with Crippen molar-refractivity contribution >= 4 is 46.6 Å². The minimum absolute atomic E-state index is 0.0625. The lowest BCUT2D eigenvalue weighted by Gasteiger charge is -2.47. The minimum Gasteiger partial charge on any atom is -0.345 e. The molecule has 2 amide bonds. The molecule has 0 bridgehead atoms. The van der Waals surface area contributed by atoms with Crippen LogP contribution in [0.3, 0.4) is 0 Å². The molecule has 8 nitrogen and oxygen atoms in total. The fraction of sp³-hybridized carbons (Fsp3) is 0.515. The number of carbonyl (C=O) groups excluding carboxylic acids is 2. The van der Waals surface area contributed by atoms with Gasteiger partial charge in [0.05, 0.1) is 12.6 Å². The monoisotopic (exact) mass is 622 g/mol. The fourth-order valence-corrected chi connectivity index (χ4v) is 6.61. The zero-order valence-electron chi connectivity index (χ0n) is 25.6. The number of halogens is 2. The topological polar surface area (TPSA) is 98.9 Å². The van der Waals surface area contributed by atoms with E-state index >= 15 is 0 Å². The van der Waals surface area contributed by atoms with Crippen molar-refractivity contribution in [3.8, 4) is 0 Å². The van der Waals surface area contributed by atoms with Crippen molar-refractivity contribution in [3.05, 3.63) is 69.2 Å². The first kappa shape index (κ1) is 31.3. The average Bonchev–Trinajstić information content (AvgIpc) is 3.56. The van der Waals surface area contributed by atoms with Crippen LogP contribution in [0.2, 0.25) is 10.0 Å². The zero-order valence-corrected chi connectivity index (χ0v) is 27.1. The highest BCUT2D eigenvalue weighted by Gasteiger charge is 2.53. The van der Waals surface area contributed by atoms with Gasteiger partial charge in [-0.15, -0.1) is 5.11 Å². The number of nitrogens with zero attached hydrogens (tertiary/aromatic N) is 5. The molecule has 10 heteroatoms. The van der Waals surface area contributed by atoms with Crippen molar-refractivity contribution in [1.82, 2.24) is 10.2 Å². The van der Waals surface area contributed by atoms with Crippen LogP contribution in [0, 0.1) is 10.8 Å². The third kappa shape index (κ3) is 7.18. The van der Waals surface area contributed by atoms with E-state index in [9.17, 15) is 9.59 Å². The molecule has 1 saturated carbocycles. The van der Waals surface area contributed by atoms with E-state index in [1.807, 2.05) is 29.2 Å². The summed E-state index contributed by atoms with van der Waals surface area (Å²) in [6.45, 7) is 11.7. The zero-order chi connectivity index (χ0) is 31.0. The third-order valence-electron chi connectivity index (χ3n) is 8.68. The maximum Gasteiger partial charge on any atom is 0.275 e. The van der Waals surface area contributed by atoms with E-state index in [4.69, 9.17) is 28.2 Å². The Kier molecular flexibility index (Phi) is 8.83. The molecule has 2 aliphatic heterocycles. The van der Waals surface area contributed by atoms with Gasteiger partial charge in [-0.05, 0) is 85.3 Å². The molecule has 2 heterocycles. The lowest BCUT2D eigenvalue weighted by molar-refractivity contribution is -0.134. The molecule has 0 aromatic heterocycles. The molecule has 0 radical (unpaired) electrons. The molecule has 3 aliphatic rings. The molecular formula is C33H40Cl2N6O2. The summed E-state index contributed by atoms with van der Waals surface area (Å²) in [4.78, 5) is 38.8. The van der Waals surface area contributed by atoms with E-state index in [2.05, 4.69) is 55.2 Å². The van der Waals surface area contributed by atoms with Crippen molar-refractivity contribution in [2.75, 3.05) is 13.2 Å². The van der Waals surface area contributed by atoms with Gasteiger partial charge in [0, 0.05) is 21.2 Å². The molecule has 1 aliphatic carbocycles. The lowest BCUT2D eigenvalue weighted by Crippen LogP contribution is -2.51. The van der Waals surface area contributed by atoms with Crippen LogP contribution in [0.25, 0.3) is 0 Å². The van der Waals surface area contributed by atoms with Crippen LogP contribution in [0.4, 0.5) is 0 Å². The lowest BCUT2D eigenvalue weighted by atomic mass is 9.72. The Balaban J connectivity index is 1.50. The predicted molar refractivity (Wildman–Crippen MR) is 172 cm³/mol. The number of aliphatic imine (C=N–C) groups is 2. The SMILES string of the molecule is CC(C)(C)CC[C@H](c1ccc(C(=O)NCC2=NCN=N2)cc1)N1C(=O)C(c2cc(Cl)cc(Cl)c2)=NC12CCC(C)(C)CC2. The number of benzene rings is 2. The summed E-state index contributed by atoms with van der Waals surface area (Å²) in [5.41, 5.74) is 2.14. The number of amidine groups is 1.